The van der Waals surface area contributed by atoms with E-state index in [9.17, 15) is 26.4 Å². The number of pyridine rings is 1. The van der Waals surface area contributed by atoms with Crippen molar-refractivity contribution in [2.75, 3.05) is 11.8 Å². The smallest absolute Gasteiger partial charge is 0.388 e. The van der Waals surface area contributed by atoms with E-state index in [4.69, 9.17) is 11.6 Å². The van der Waals surface area contributed by atoms with E-state index in [0.717, 1.165) is 24.4 Å². The molecule has 0 unspecified atom stereocenters. The largest absolute Gasteiger partial charge is 0.415 e. The van der Waals surface area contributed by atoms with Gasteiger partial charge in [-0.2, -0.15) is 8.78 Å². The topological polar surface area (TPSA) is 110 Å². The molecule has 37 heavy (non-hydrogen) atoms. The number of anilines is 1. The van der Waals surface area contributed by atoms with E-state index >= 15 is 8.78 Å². The van der Waals surface area contributed by atoms with Crippen molar-refractivity contribution in [1.29, 1.82) is 0 Å². The summed E-state index contributed by atoms with van der Waals surface area (Å²) < 4.78 is 103. The summed E-state index contributed by atoms with van der Waals surface area (Å²) >= 11 is 5.73. The predicted molar refractivity (Wildman–Crippen MR) is 123 cm³/mol. The van der Waals surface area contributed by atoms with E-state index in [1.54, 1.807) is 4.72 Å². The number of halogens is 6. The summed E-state index contributed by atoms with van der Waals surface area (Å²) in [5.74, 6) is -5.39. The van der Waals surface area contributed by atoms with Gasteiger partial charge in [-0.25, -0.2) is 26.6 Å². The van der Waals surface area contributed by atoms with Gasteiger partial charge >= 0.3 is 6.61 Å². The van der Waals surface area contributed by atoms with Gasteiger partial charge in [0.05, 0.1) is 22.8 Å². The van der Waals surface area contributed by atoms with E-state index in [1.165, 1.54) is 13.1 Å². The summed E-state index contributed by atoms with van der Waals surface area (Å²) in [6, 6.07) is 4.42. The third kappa shape index (κ3) is 4.93. The monoisotopic (exact) mass is 560 g/mol. The molecule has 2 N–H and O–H groups in total. The summed E-state index contributed by atoms with van der Waals surface area (Å²) in [4.78, 5) is 18.3. The van der Waals surface area contributed by atoms with Crippen molar-refractivity contribution in [3.05, 3.63) is 70.1 Å². The number of amides is 1. The molecule has 4 rings (SSSR count). The second kappa shape index (κ2) is 9.94. The number of sulfonamides is 1. The molecule has 2 aromatic carbocycles. The molecule has 0 fully saturated rings. The van der Waals surface area contributed by atoms with Gasteiger partial charge < -0.3 is 10.1 Å². The zero-order valence-corrected chi connectivity index (χ0v) is 20.0. The Morgan fingerprint density at radius 2 is 1.81 bits per heavy atom. The highest BCUT2D eigenvalue weighted by molar-refractivity contribution is 7.92. The second-order valence-electron chi connectivity index (χ2n) is 7.42. The zero-order chi connectivity index (χ0) is 27.1. The van der Waals surface area contributed by atoms with E-state index < -0.39 is 67.6 Å². The van der Waals surface area contributed by atoms with Crippen LogP contribution in [0.15, 0.2) is 46.4 Å². The number of fused-ring (bicyclic) bond motifs is 1. The quantitative estimate of drug-likeness (QED) is 0.420. The molecule has 0 saturated carbocycles. The van der Waals surface area contributed by atoms with Gasteiger partial charge in [0.1, 0.15) is 17.3 Å². The van der Waals surface area contributed by atoms with Crippen molar-refractivity contribution in [2.45, 2.75) is 18.1 Å². The van der Waals surface area contributed by atoms with Crippen LogP contribution in [0.2, 0.25) is 5.02 Å². The zero-order valence-electron chi connectivity index (χ0n) is 18.5. The highest BCUT2D eigenvalue weighted by Crippen LogP contribution is 2.37. The lowest BCUT2D eigenvalue weighted by molar-refractivity contribution is -0.114. The Balaban J connectivity index is 1.77. The van der Waals surface area contributed by atoms with Crippen molar-refractivity contribution in [3.8, 4) is 17.0 Å². The highest BCUT2D eigenvalue weighted by atomic mass is 35.5. The van der Waals surface area contributed by atoms with Crippen LogP contribution in [0, 0.1) is 17.5 Å². The number of carbonyl (C=O) groups is 1. The molecule has 0 saturated heterocycles. The predicted octanol–water partition coefficient (Wildman–Crippen LogP) is 4.27. The van der Waals surface area contributed by atoms with E-state index in [-0.39, 0.29) is 28.4 Å². The fourth-order valence-corrected chi connectivity index (χ4v) is 4.99. The molecule has 1 aromatic heterocycles. The van der Waals surface area contributed by atoms with Gasteiger partial charge in [-0.1, -0.05) is 23.7 Å². The third-order valence-electron chi connectivity index (χ3n) is 5.22. The van der Waals surface area contributed by atoms with Crippen molar-refractivity contribution in [2.24, 2.45) is 4.99 Å². The van der Waals surface area contributed by atoms with Gasteiger partial charge in [0.2, 0.25) is 5.88 Å². The number of likely N-dealkylation sites (N-methyl/N-ethyl adjacent to an activating group) is 1. The summed E-state index contributed by atoms with van der Waals surface area (Å²) in [5, 5.41) is 2.09. The number of benzene rings is 2. The molecule has 0 spiro atoms. The maximum Gasteiger partial charge on any atom is 0.388 e. The Morgan fingerprint density at radius 3 is 2.49 bits per heavy atom. The molecule has 3 aromatic rings. The second-order valence-corrected chi connectivity index (χ2v) is 9.51. The molecule has 15 heteroatoms. The van der Waals surface area contributed by atoms with Crippen LogP contribution >= 0.6 is 11.6 Å². The van der Waals surface area contributed by atoms with Crippen LogP contribution in [0.25, 0.3) is 11.1 Å². The summed E-state index contributed by atoms with van der Waals surface area (Å²) in [7, 11) is -3.51. The van der Waals surface area contributed by atoms with Gasteiger partial charge in [0, 0.05) is 29.9 Å². The lowest BCUT2D eigenvalue weighted by Gasteiger charge is -2.15. The highest BCUT2D eigenvalue weighted by Gasteiger charge is 2.30. The van der Waals surface area contributed by atoms with Crippen molar-refractivity contribution < 1.29 is 39.9 Å². The van der Waals surface area contributed by atoms with E-state index in [0.29, 0.717) is 6.07 Å². The molecule has 1 amide bonds. The van der Waals surface area contributed by atoms with Crippen molar-refractivity contribution in [3.63, 3.8) is 0 Å². The molecule has 0 atom stereocenters. The fourth-order valence-electron chi connectivity index (χ4n) is 3.60. The number of carbonyl (C=O) groups excluding carboxylic acids is 1. The summed E-state index contributed by atoms with van der Waals surface area (Å²) in [5.41, 5.74) is -2.31. The number of alkyl halides is 2. The molecule has 8 nitrogen and oxygen atoms in total. The molecule has 2 heterocycles. The van der Waals surface area contributed by atoms with Crippen LogP contribution in [0.3, 0.4) is 0 Å². The minimum atomic E-state index is -4.86. The summed E-state index contributed by atoms with van der Waals surface area (Å²) in [6.45, 7) is -3.70. The van der Waals surface area contributed by atoms with Crippen molar-refractivity contribution >= 4 is 38.9 Å². The number of nitrogens with zero attached hydrogens (tertiary/aromatic N) is 2. The van der Waals surface area contributed by atoms with Crippen LogP contribution in [-0.4, -0.2) is 38.7 Å². The first-order valence-electron chi connectivity index (χ1n) is 10.1. The molecule has 0 bridgehead atoms. The number of hydrogen-bond acceptors (Lipinski definition) is 6. The van der Waals surface area contributed by atoms with Crippen LogP contribution < -0.4 is 14.8 Å². The van der Waals surface area contributed by atoms with Gasteiger partial charge in [0.25, 0.3) is 15.9 Å². The number of rotatable bonds is 7. The number of ether oxygens (including phenoxy) is 1. The molecule has 0 radical (unpaired) electrons. The molecule has 0 aliphatic carbocycles. The number of hydrogen-bond donors (Lipinski definition) is 2. The van der Waals surface area contributed by atoms with Gasteiger partial charge in [0.15, 0.2) is 10.7 Å². The minimum absolute atomic E-state index is 0.0534. The average molecular weight is 561 g/mol. The Hall–Kier alpha value is -3.78. The van der Waals surface area contributed by atoms with Crippen LogP contribution in [0.1, 0.15) is 11.1 Å². The first-order valence-corrected chi connectivity index (χ1v) is 12.0. The fraction of sp³-hybridized carbons (Fsp3) is 0.136. The number of aliphatic imine (C=N–C) groups is 1. The van der Waals surface area contributed by atoms with Crippen LogP contribution in [0.4, 0.5) is 27.6 Å². The SMILES string of the molecule is CNC(=O)C1=NCc2c1ccc(-c1c(F)ccc(NS(=O)(=O)c3cc(Cl)cnc3OC(F)F)c1F)c2F. The van der Waals surface area contributed by atoms with E-state index in [2.05, 4.69) is 20.0 Å². The Kier molecular flexibility index (Phi) is 7.06. The Bertz CT molecular complexity index is 1570. The maximum absolute atomic E-state index is 15.4. The normalized spacial score (nSPS) is 12.8. The standard InChI is InChI=1S/C22H14ClF5N4O4S/c1-29-20(33)19-10-2-3-11(17(25)12(10)8-30-19)16-13(24)4-5-14(18(16)26)32-37(34,35)15-6-9(23)7-31-21(15)36-22(27)28/h2-7,22,32H,8H2,1H3,(H,29,33). The number of aromatic nitrogens is 1. The first kappa shape index (κ1) is 26.3. The molecular weight excluding hydrogens is 547 g/mol. The van der Waals surface area contributed by atoms with Gasteiger partial charge in [-0.05, 0) is 18.2 Å². The lowest BCUT2D eigenvalue weighted by atomic mass is 9.96. The maximum atomic E-state index is 15.4. The average Bonchev–Trinajstić information content (AvgIpc) is 3.27. The van der Waals surface area contributed by atoms with Crippen LogP contribution in [-0.2, 0) is 21.4 Å². The Morgan fingerprint density at radius 1 is 1.11 bits per heavy atom. The molecule has 1 aliphatic rings. The molecule has 194 valence electrons. The Labute approximate surface area is 211 Å². The molecule has 1 aliphatic heterocycles. The first-order chi connectivity index (χ1) is 17.4. The minimum Gasteiger partial charge on any atom is -0.415 e. The van der Waals surface area contributed by atoms with E-state index in [1.807, 2.05) is 0 Å². The van der Waals surface area contributed by atoms with Crippen molar-refractivity contribution in [1.82, 2.24) is 10.3 Å². The third-order valence-corrected chi connectivity index (χ3v) is 6.78. The van der Waals surface area contributed by atoms with Gasteiger partial charge in [-0.15, -0.1) is 0 Å². The lowest BCUT2D eigenvalue weighted by Crippen LogP contribution is -2.27. The van der Waals surface area contributed by atoms with Crippen LogP contribution in [0.5, 0.6) is 5.88 Å². The number of nitrogens with one attached hydrogen (secondary N) is 2. The summed E-state index contributed by atoms with van der Waals surface area (Å²) in [6.07, 6.45) is 0.852. The molecular formula is C22H14ClF5N4O4S. The van der Waals surface area contributed by atoms with Gasteiger partial charge in [-0.3, -0.25) is 14.5 Å².